The van der Waals surface area contributed by atoms with Gasteiger partial charge >= 0.3 is 0 Å². The molecule has 0 radical (unpaired) electrons. The van der Waals surface area contributed by atoms with Gasteiger partial charge < -0.3 is 11.1 Å². The van der Waals surface area contributed by atoms with Gasteiger partial charge in [-0.05, 0) is 13.8 Å². The van der Waals surface area contributed by atoms with Crippen molar-refractivity contribution in [2.45, 2.75) is 19.3 Å². The van der Waals surface area contributed by atoms with Gasteiger partial charge in [-0.15, -0.1) is 0 Å². The number of carbonyl (C=O) groups is 1. The zero-order chi connectivity index (χ0) is 9.64. The van der Waals surface area contributed by atoms with Crippen molar-refractivity contribution in [1.82, 2.24) is 9.97 Å². The SMILES string of the molecule is CC1(C)C(=O)Nc2ncnc(N)c21. The van der Waals surface area contributed by atoms with Gasteiger partial charge in [-0.2, -0.15) is 0 Å². The van der Waals surface area contributed by atoms with Gasteiger partial charge in [0.1, 0.15) is 18.0 Å². The number of amides is 1. The summed E-state index contributed by atoms with van der Waals surface area (Å²) in [6.45, 7) is 3.60. The summed E-state index contributed by atoms with van der Waals surface area (Å²) in [7, 11) is 0. The summed E-state index contributed by atoms with van der Waals surface area (Å²) >= 11 is 0. The first-order chi connectivity index (χ1) is 6.03. The van der Waals surface area contributed by atoms with Crippen molar-refractivity contribution in [1.29, 1.82) is 0 Å². The molecule has 3 N–H and O–H groups in total. The van der Waals surface area contributed by atoms with E-state index in [0.29, 0.717) is 17.2 Å². The molecular weight excluding hydrogens is 168 g/mol. The number of nitrogen functional groups attached to an aromatic ring is 1. The second-order valence-electron chi connectivity index (χ2n) is 3.56. The molecule has 0 unspecified atom stereocenters. The van der Waals surface area contributed by atoms with Crippen molar-refractivity contribution in [2.75, 3.05) is 11.1 Å². The molecule has 68 valence electrons. The minimum atomic E-state index is -0.624. The standard InChI is InChI=1S/C8H10N4O/c1-8(2)4-5(9)10-3-11-6(4)12-7(8)13/h3H,1-2H3,(H3,9,10,11,12,13). The summed E-state index contributed by atoms with van der Waals surface area (Å²) in [6.07, 6.45) is 1.34. The highest BCUT2D eigenvalue weighted by Crippen LogP contribution is 2.38. The molecule has 0 saturated heterocycles. The summed E-state index contributed by atoms with van der Waals surface area (Å²) in [5.41, 5.74) is 5.74. The smallest absolute Gasteiger partial charge is 0.235 e. The predicted molar refractivity (Wildman–Crippen MR) is 48.1 cm³/mol. The van der Waals surface area contributed by atoms with Crippen LogP contribution in [0.4, 0.5) is 11.6 Å². The lowest BCUT2D eigenvalue weighted by Gasteiger charge is -2.15. The Hall–Kier alpha value is -1.65. The fraction of sp³-hybridized carbons (Fsp3) is 0.375. The Labute approximate surface area is 75.4 Å². The summed E-state index contributed by atoms with van der Waals surface area (Å²) in [6, 6.07) is 0. The molecule has 1 aromatic heterocycles. The maximum Gasteiger partial charge on any atom is 0.235 e. The molecule has 0 spiro atoms. The van der Waals surface area contributed by atoms with E-state index < -0.39 is 5.41 Å². The highest BCUT2D eigenvalue weighted by molar-refractivity contribution is 6.05. The van der Waals surface area contributed by atoms with E-state index in [1.807, 2.05) is 0 Å². The van der Waals surface area contributed by atoms with Gasteiger partial charge in [0.15, 0.2) is 0 Å². The lowest BCUT2D eigenvalue weighted by atomic mass is 9.87. The molecule has 1 aliphatic heterocycles. The highest BCUT2D eigenvalue weighted by atomic mass is 16.2. The topological polar surface area (TPSA) is 80.9 Å². The second kappa shape index (κ2) is 2.18. The molecule has 0 saturated carbocycles. The number of nitrogens with zero attached hydrogens (tertiary/aromatic N) is 2. The molecule has 0 aromatic carbocycles. The molecule has 0 aliphatic carbocycles. The van der Waals surface area contributed by atoms with Gasteiger partial charge in [-0.1, -0.05) is 0 Å². The van der Waals surface area contributed by atoms with Crippen molar-refractivity contribution in [3.63, 3.8) is 0 Å². The van der Waals surface area contributed by atoms with Crippen LogP contribution in [0.3, 0.4) is 0 Å². The molecule has 0 atom stereocenters. The minimum absolute atomic E-state index is 0.0882. The van der Waals surface area contributed by atoms with Crippen LogP contribution in [0.1, 0.15) is 19.4 Å². The summed E-state index contributed by atoms with van der Waals surface area (Å²) in [5, 5.41) is 2.66. The molecular formula is C8H10N4O. The van der Waals surface area contributed by atoms with Crippen LogP contribution in [0.25, 0.3) is 0 Å². The van der Waals surface area contributed by atoms with Crippen LogP contribution in [-0.4, -0.2) is 15.9 Å². The van der Waals surface area contributed by atoms with Crippen LogP contribution in [0.2, 0.25) is 0 Å². The zero-order valence-corrected chi connectivity index (χ0v) is 7.46. The molecule has 0 bridgehead atoms. The first-order valence-electron chi connectivity index (χ1n) is 3.96. The second-order valence-corrected chi connectivity index (χ2v) is 3.56. The van der Waals surface area contributed by atoms with E-state index in [1.54, 1.807) is 13.8 Å². The molecule has 2 heterocycles. The Morgan fingerprint density at radius 2 is 2.15 bits per heavy atom. The summed E-state index contributed by atoms with van der Waals surface area (Å²) in [4.78, 5) is 19.3. The number of anilines is 2. The maximum atomic E-state index is 11.5. The molecule has 13 heavy (non-hydrogen) atoms. The number of nitrogens with one attached hydrogen (secondary N) is 1. The van der Waals surface area contributed by atoms with E-state index >= 15 is 0 Å². The predicted octanol–water partition coefficient (Wildman–Crippen LogP) is 0.288. The molecule has 1 amide bonds. The van der Waals surface area contributed by atoms with Gasteiger partial charge in [-0.25, -0.2) is 9.97 Å². The minimum Gasteiger partial charge on any atom is -0.383 e. The fourth-order valence-electron chi connectivity index (χ4n) is 1.49. The normalized spacial score (nSPS) is 18.2. The van der Waals surface area contributed by atoms with E-state index in [9.17, 15) is 4.79 Å². The molecule has 1 aromatic rings. The Balaban J connectivity index is 2.70. The van der Waals surface area contributed by atoms with Crippen molar-refractivity contribution >= 4 is 17.5 Å². The molecule has 2 rings (SSSR count). The third-order valence-electron chi connectivity index (χ3n) is 2.30. The number of rotatable bonds is 0. The van der Waals surface area contributed by atoms with Gasteiger partial charge in [0.05, 0.1) is 11.0 Å². The van der Waals surface area contributed by atoms with Gasteiger partial charge in [0, 0.05) is 0 Å². The van der Waals surface area contributed by atoms with Gasteiger partial charge in [0.2, 0.25) is 5.91 Å². The van der Waals surface area contributed by atoms with Crippen molar-refractivity contribution in [3.05, 3.63) is 11.9 Å². The number of fused-ring (bicyclic) bond motifs is 1. The van der Waals surface area contributed by atoms with Gasteiger partial charge in [0.25, 0.3) is 0 Å². The third-order valence-corrected chi connectivity index (χ3v) is 2.30. The van der Waals surface area contributed by atoms with Crippen molar-refractivity contribution in [3.8, 4) is 0 Å². The van der Waals surface area contributed by atoms with Crippen LogP contribution in [-0.2, 0) is 10.2 Å². The van der Waals surface area contributed by atoms with Crippen LogP contribution >= 0.6 is 0 Å². The van der Waals surface area contributed by atoms with Crippen molar-refractivity contribution < 1.29 is 4.79 Å². The van der Waals surface area contributed by atoms with Crippen molar-refractivity contribution in [2.24, 2.45) is 0 Å². The number of nitrogens with two attached hydrogens (primary N) is 1. The molecule has 5 heteroatoms. The quantitative estimate of drug-likeness (QED) is 0.598. The highest BCUT2D eigenvalue weighted by Gasteiger charge is 2.41. The van der Waals surface area contributed by atoms with Crippen LogP contribution in [0, 0.1) is 0 Å². The lowest BCUT2D eigenvalue weighted by molar-refractivity contribution is -0.119. The summed E-state index contributed by atoms with van der Waals surface area (Å²) < 4.78 is 0. The monoisotopic (exact) mass is 178 g/mol. The Kier molecular flexibility index (Phi) is 1.34. The fourth-order valence-corrected chi connectivity index (χ4v) is 1.49. The van der Waals surface area contributed by atoms with E-state index in [-0.39, 0.29) is 5.91 Å². The molecule has 5 nitrogen and oxygen atoms in total. The lowest BCUT2D eigenvalue weighted by Crippen LogP contribution is -2.27. The van der Waals surface area contributed by atoms with E-state index in [0.717, 1.165) is 0 Å². The average molecular weight is 178 g/mol. The van der Waals surface area contributed by atoms with E-state index in [4.69, 9.17) is 5.73 Å². The molecule has 0 fully saturated rings. The van der Waals surface area contributed by atoms with Crippen LogP contribution < -0.4 is 11.1 Å². The Morgan fingerprint density at radius 3 is 2.77 bits per heavy atom. The average Bonchev–Trinajstić information content (AvgIpc) is 2.24. The van der Waals surface area contributed by atoms with E-state index in [2.05, 4.69) is 15.3 Å². The zero-order valence-electron chi connectivity index (χ0n) is 7.46. The number of hydrogen-bond acceptors (Lipinski definition) is 4. The Morgan fingerprint density at radius 1 is 1.46 bits per heavy atom. The van der Waals surface area contributed by atoms with Crippen LogP contribution in [0.15, 0.2) is 6.33 Å². The van der Waals surface area contributed by atoms with Crippen LogP contribution in [0.5, 0.6) is 0 Å². The van der Waals surface area contributed by atoms with Gasteiger partial charge in [-0.3, -0.25) is 4.79 Å². The maximum absolute atomic E-state index is 11.5. The summed E-state index contributed by atoms with van der Waals surface area (Å²) in [5.74, 6) is 0.811. The first-order valence-corrected chi connectivity index (χ1v) is 3.96. The van der Waals surface area contributed by atoms with E-state index in [1.165, 1.54) is 6.33 Å². The number of aromatic nitrogens is 2. The Bertz CT molecular complexity index is 386. The molecule has 1 aliphatic rings. The largest absolute Gasteiger partial charge is 0.383 e. The first kappa shape index (κ1) is 7.97. The third kappa shape index (κ3) is 0.898. The number of carbonyl (C=O) groups excluding carboxylic acids is 1. The number of hydrogen-bond donors (Lipinski definition) is 2.